The van der Waals surface area contributed by atoms with Gasteiger partial charge in [0.25, 0.3) is 0 Å². The smallest absolute Gasteiger partial charge is 0.388 e. The standard InChI is InChI=1S/C65H90O6P2/c1-58(2,3)41-32-45-46-33-42(59(4,5)6)37-50(63(16,17)18)55(46)69-72(68-54(45)49(36-41)62(13,14)15)66-31-30-53(40-28-26-25-27-29-40)67-73-70-56-47(34-43(60(7,8)9)38-51(56)64(19,20)21)48-35-44(61(10,11)12)39-52(57(48)71-73)65(22,23)24/h25-29,32-39,53H,30-31H2,1-24H3/t53-/m0/s1. The summed E-state index contributed by atoms with van der Waals surface area (Å²) in [6.45, 7) is 54.9. The Labute approximate surface area is 441 Å². The molecule has 1 atom stereocenters. The lowest BCUT2D eigenvalue weighted by molar-refractivity contribution is 0.219. The van der Waals surface area contributed by atoms with E-state index >= 15 is 0 Å². The Balaban J connectivity index is 1.47. The molecule has 0 spiro atoms. The highest BCUT2D eigenvalue weighted by Gasteiger charge is 2.32. The highest BCUT2D eigenvalue weighted by Crippen LogP contribution is 2.48. The molecular weight excluding hydrogens is 939 g/mol. The maximum absolute atomic E-state index is 7.31. The van der Waals surface area contributed by atoms with Crippen LogP contribution in [0.25, 0.3) is 43.9 Å². The van der Waals surface area contributed by atoms with Gasteiger partial charge >= 0.3 is 16.5 Å². The normalized spacial score (nSPS) is 14.2. The lowest BCUT2D eigenvalue weighted by Gasteiger charge is -2.27. The molecule has 0 amide bonds. The molecule has 73 heavy (non-hydrogen) atoms. The molecule has 0 aliphatic carbocycles. The van der Waals surface area contributed by atoms with Crippen LogP contribution in [-0.2, 0) is 43.3 Å². The third-order valence-electron chi connectivity index (χ3n) is 14.3. The van der Waals surface area contributed by atoms with E-state index in [1.807, 2.05) is 6.07 Å². The molecule has 2 heterocycles. The van der Waals surface area contributed by atoms with Crippen molar-refractivity contribution in [1.82, 2.24) is 0 Å². The molecule has 6 nitrogen and oxygen atoms in total. The van der Waals surface area contributed by atoms with Crippen LogP contribution in [0.3, 0.4) is 0 Å². The largest absolute Gasteiger partial charge is 0.399 e. The van der Waals surface area contributed by atoms with Gasteiger partial charge in [0, 0.05) is 50.2 Å². The van der Waals surface area contributed by atoms with Gasteiger partial charge in [-0.25, -0.2) is 0 Å². The quantitative estimate of drug-likeness (QED) is 0.158. The molecule has 8 heteroatoms. The topological polar surface area (TPSA) is 71.0 Å². The summed E-state index contributed by atoms with van der Waals surface area (Å²) in [6, 6.07) is 29.1. The van der Waals surface area contributed by atoms with Crippen molar-refractivity contribution in [2.24, 2.45) is 0 Å². The average molecular weight is 1030 g/mol. The van der Waals surface area contributed by atoms with Crippen molar-refractivity contribution in [3.8, 4) is 0 Å². The first-order valence-corrected chi connectivity index (χ1v) is 28.9. The summed E-state index contributed by atoms with van der Waals surface area (Å²) in [7, 11) is -3.95. The zero-order valence-corrected chi connectivity index (χ0v) is 51.1. The Morgan fingerprint density at radius 2 is 0.630 bits per heavy atom. The molecule has 396 valence electrons. The van der Waals surface area contributed by atoms with Gasteiger partial charge in [-0.3, -0.25) is 9.05 Å². The summed E-state index contributed by atoms with van der Waals surface area (Å²) in [6.07, 6.45) is 0.0197. The molecular formula is C65H90O6P2. The third-order valence-corrected chi connectivity index (χ3v) is 16.4. The monoisotopic (exact) mass is 1030 g/mol. The fourth-order valence-electron chi connectivity index (χ4n) is 9.39. The Kier molecular flexibility index (Phi) is 15.1. The fraction of sp³-hybridized carbons (Fsp3) is 0.538. The molecule has 0 saturated heterocycles. The first-order chi connectivity index (χ1) is 33.2. The fourth-order valence-corrected chi connectivity index (χ4v) is 11.7. The maximum atomic E-state index is 7.31. The van der Waals surface area contributed by atoms with Crippen molar-refractivity contribution in [1.29, 1.82) is 0 Å². The van der Waals surface area contributed by atoms with Crippen LogP contribution in [0.2, 0.25) is 0 Å². The molecule has 7 aromatic rings. The van der Waals surface area contributed by atoms with Gasteiger partial charge in [0.1, 0.15) is 28.4 Å². The third kappa shape index (κ3) is 12.4. The zero-order valence-electron chi connectivity index (χ0n) is 49.3. The molecule has 2 aromatic heterocycles. The molecule has 0 saturated carbocycles. The van der Waals surface area contributed by atoms with Gasteiger partial charge in [-0.1, -0.05) is 221 Å². The second kappa shape index (κ2) is 19.4. The summed E-state index contributed by atoms with van der Waals surface area (Å²) in [5.74, 6) is 0. The molecule has 0 aliphatic rings. The predicted octanol–water partition coefficient (Wildman–Crippen LogP) is 21.0. The zero-order chi connectivity index (χ0) is 54.4. The molecule has 0 fully saturated rings. The van der Waals surface area contributed by atoms with E-state index in [0.29, 0.717) is 6.42 Å². The van der Waals surface area contributed by atoms with Crippen LogP contribution >= 0.6 is 16.5 Å². The van der Waals surface area contributed by atoms with Crippen LogP contribution in [0, 0.1) is 0 Å². The molecule has 0 aliphatic heterocycles. The van der Waals surface area contributed by atoms with Crippen LogP contribution in [-0.4, -0.2) is 6.61 Å². The van der Waals surface area contributed by atoms with Crippen molar-refractivity contribution in [3.63, 3.8) is 0 Å². The van der Waals surface area contributed by atoms with E-state index in [4.69, 9.17) is 25.8 Å². The molecule has 0 N–H and O–H groups in total. The molecule has 7 rings (SSSR count). The van der Waals surface area contributed by atoms with Gasteiger partial charge in [-0.05, 0) is 95.4 Å². The van der Waals surface area contributed by atoms with Crippen LogP contribution in [0.5, 0.6) is 0 Å². The second-order valence-corrected chi connectivity index (χ2v) is 31.1. The summed E-state index contributed by atoms with van der Waals surface area (Å²) >= 11 is 0. The highest BCUT2D eigenvalue weighted by atomic mass is 31.1. The SMILES string of the molecule is CC(C)(C)c1cc(C(C)(C)C)c2op(OCC[C@H](Op3oc4c(C(C)(C)C)cc(C(C)(C)C)cc4c4cc(C(C)(C)C)cc(C(C)(C)C)c4o3)c3ccccc3)oc3c(C(C)(C)C)cc(C(C)(C)C)cc3c2c1. The number of rotatable bonds is 7. The molecule has 0 bridgehead atoms. The maximum Gasteiger partial charge on any atom is 0.388 e. The van der Waals surface area contributed by atoms with Crippen molar-refractivity contribution in [2.75, 3.05) is 6.61 Å². The Morgan fingerprint density at radius 1 is 0.356 bits per heavy atom. The summed E-state index contributed by atoms with van der Waals surface area (Å²) < 4.78 is 43.2. The van der Waals surface area contributed by atoms with E-state index in [-0.39, 0.29) is 49.9 Å². The van der Waals surface area contributed by atoms with E-state index in [2.05, 4.69) is 239 Å². The molecule has 0 radical (unpaired) electrons. The number of hydrogen-bond donors (Lipinski definition) is 0. The predicted molar refractivity (Wildman–Crippen MR) is 314 cm³/mol. The van der Waals surface area contributed by atoms with Crippen LogP contribution in [0.15, 0.2) is 95.6 Å². The van der Waals surface area contributed by atoms with Crippen molar-refractivity contribution < 1.29 is 25.8 Å². The Bertz CT molecular complexity index is 3050. The van der Waals surface area contributed by atoms with Gasteiger partial charge in [-0.2, -0.15) is 0 Å². The van der Waals surface area contributed by atoms with E-state index in [1.165, 1.54) is 22.3 Å². The van der Waals surface area contributed by atoms with Crippen molar-refractivity contribution in [2.45, 2.75) is 222 Å². The first kappa shape index (κ1) is 56.5. The highest BCUT2D eigenvalue weighted by molar-refractivity contribution is 7.32. The van der Waals surface area contributed by atoms with E-state index in [1.54, 1.807) is 0 Å². The van der Waals surface area contributed by atoms with E-state index < -0.39 is 22.6 Å². The minimum Gasteiger partial charge on any atom is -0.399 e. The average Bonchev–Trinajstić information content (AvgIpc) is 3.49. The lowest BCUT2D eigenvalue weighted by Crippen LogP contribution is -2.17. The van der Waals surface area contributed by atoms with Gasteiger partial charge < -0.3 is 16.8 Å². The van der Waals surface area contributed by atoms with Crippen LogP contribution < -0.4 is 9.05 Å². The van der Waals surface area contributed by atoms with Gasteiger partial charge in [0.05, 0.1) is 6.61 Å². The van der Waals surface area contributed by atoms with E-state index in [9.17, 15) is 0 Å². The molecule has 5 aromatic carbocycles. The second-order valence-electron chi connectivity index (χ2n) is 29.0. The first-order valence-electron chi connectivity index (χ1n) is 26.7. The van der Waals surface area contributed by atoms with E-state index in [0.717, 1.165) is 71.7 Å². The number of fused-ring (bicyclic) bond motifs is 6. The van der Waals surface area contributed by atoms with Gasteiger partial charge in [-0.15, -0.1) is 0 Å². The minimum absolute atomic E-state index is 0.103. The van der Waals surface area contributed by atoms with Crippen molar-refractivity contribution in [3.05, 3.63) is 129 Å². The van der Waals surface area contributed by atoms with Crippen molar-refractivity contribution >= 4 is 60.4 Å². The summed E-state index contributed by atoms with van der Waals surface area (Å²) in [5, 5.41) is 4.17. The van der Waals surface area contributed by atoms with Gasteiger partial charge in [0.2, 0.25) is 0 Å². The van der Waals surface area contributed by atoms with Crippen LogP contribution in [0.4, 0.5) is 0 Å². The Morgan fingerprint density at radius 3 is 0.890 bits per heavy atom. The minimum atomic E-state index is -2.01. The molecule has 0 unspecified atom stereocenters. The summed E-state index contributed by atoms with van der Waals surface area (Å²) in [5.41, 5.74) is 12.4. The van der Waals surface area contributed by atoms with Crippen LogP contribution in [0.1, 0.15) is 229 Å². The number of benzene rings is 5. The van der Waals surface area contributed by atoms with Gasteiger partial charge in [0.15, 0.2) is 0 Å². The summed E-state index contributed by atoms with van der Waals surface area (Å²) in [4.78, 5) is 0. The Hall–Kier alpha value is -4.18. The lowest BCUT2D eigenvalue weighted by atomic mass is 9.77. The number of hydrogen-bond acceptors (Lipinski definition) is 6.